The van der Waals surface area contributed by atoms with Gasteiger partial charge in [-0.15, -0.1) is 0 Å². The zero-order chi connectivity index (χ0) is 17.2. The van der Waals surface area contributed by atoms with Crippen LogP contribution >= 0.6 is 11.6 Å². The third-order valence-corrected chi connectivity index (χ3v) is 5.53. The van der Waals surface area contributed by atoms with Crippen LogP contribution in [0.15, 0.2) is 76.5 Å². The van der Waals surface area contributed by atoms with Gasteiger partial charge in [-0.2, -0.15) is 5.26 Å². The highest BCUT2D eigenvalue weighted by Gasteiger charge is 2.20. The van der Waals surface area contributed by atoms with E-state index in [4.69, 9.17) is 11.6 Å². The molecule has 0 atom stereocenters. The lowest BCUT2D eigenvalue weighted by Crippen LogP contribution is -2.03. The highest BCUT2D eigenvalue weighted by Crippen LogP contribution is 2.24. The van der Waals surface area contributed by atoms with E-state index in [-0.39, 0.29) is 9.80 Å². The molecule has 5 heteroatoms. The number of nitrogens with zero attached hydrogens (tertiary/aromatic N) is 1. The summed E-state index contributed by atoms with van der Waals surface area (Å²) in [5.41, 5.74) is 0.655. The van der Waals surface area contributed by atoms with Crippen molar-refractivity contribution in [2.75, 3.05) is 0 Å². The largest absolute Gasteiger partial charge is 0.218 e. The number of nitriles is 1. The number of hydrogen-bond acceptors (Lipinski definition) is 3. The van der Waals surface area contributed by atoms with Crippen molar-refractivity contribution in [1.29, 1.82) is 5.26 Å². The molecule has 0 saturated heterocycles. The summed E-state index contributed by atoms with van der Waals surface area (Å²) in [5.74, 6) is 0. The predicted octanol–water partition coefficient (Wildman–Crippen LogP) is 4.83. The summed E-state index contributed by atoms with van der Waals surface area (Å²) in [5, 5.41) is 11.8. The minimum absolute atomic E-state index is 0.0421. The average molecular weight is 354 g/mol. The number of benzene rings is 3. The topological polar surface area (TPSA) is 57.9 Å². The third-order valence-electron chi connectivity index (χ3n) is 3.59. The van der Waals surface area contributed by atoms with Crippen molar-refractivity contribution in [1.82, 2.24) is 0 Å². The molecule has 0 fully saturated rings. The molecule has 3 rings (SSSR count). The summed E-state index contributed by atoms with van der Waals surface area (Å²) in [6, 6.07) is 20.8. The molecule has 118 valence electrons. The van der Waals surface area contributed by atoms with Gasteiger partial charge in [-0.05, 0) is 52.7 Å². The molecular formula is C19H12ClNO2S. The Kier molecular flexibility index (Phi) is 4.39. The molecule has 0 heterocycles. The first-order valence-corrected chi connectivity index (χ1v) is 8.98. The summed E-state index contributed by atoms with van der Waals surface area (Å²) in [6.07, 6.45) is 1.39. The Hall–Kier alpha value is -2.61. The van der Waals surface area contributed by atoms with Crippen molar-refractivity contribution in [2.45, 2.75) is 4.90 Å². The van der Waals surface area contributed by atoms with E-state index in [0.717, 1.165) is 10.8 Å². The van der Waals surface area contributed by atoms with E-state index in [1.165, 1.54) is 30.3 Å². The number of rotatable bonds is 3. The Morgan fingerprint density at radius 1 is 0.958 bits per heavy atom. The van der Waals surface area contributed by atoms with Crippen LogP contribution in [0.4, 0.5) is 0 Å². The van der Waals surface area contributed by atoms with E-state index < -0.39 is 9.84 Å². The van der Waals surface area contributed by atoms with Crippen LogP contribution in [-0.4, -0.2) is 8.42 Å². The summed E-state index contributed by atoms with van der Waals surface area (Å²) in [4.78, 5) is -0.263. The number of hydrogen-bond donors (Lipinski definition) is 0. The Morgan fingerprint density at radius 2 is 1.62 bits per heavy atom. The van der Waals surface area contributed by atoms with Crippen LogP contribution in [0.25, 0.3) is 16.8 Å². The van der Waals surface area contributed by atoms with E-state index in [1.807, 2.05) is 36.4 Å². The van der Waals surface area contributed by atoms with Gasteiger partial charge < -0.3 is 0 Å². The lowest BCUT2D eigenvalue weighted by Gasteiger charge is -2.04. The summed E-state index contributed by atoms with van der Waals surface area (Å²) >= 11 is 5.79. The van der Waals surface area contributed by atoms with Gasteiger partial charge in [0.25, 0.3) is 0 Å². The van der Waals surface area contributed by atoms with Gasteiger partial charge in [0.05, 0.1) is 4.90 Å². The van der Waals surface area contributed by atoms with Gasteiger partial charge >= 0.3 is 0 Å². The summed E-state index contributed by atoms with van der Waals surface area (Å²) < 4.78 is 25.2. The van der Waals surface area contributed by atoms with Gasteiger partial charge in [0.1, 0.15) is 11.0 Å². The van der Waals surface area contributed by atoms with Gasteiger partial charge in [0, 0.05) is 5.02 Å². The molecule has 0 radical (unpaired) electrons. The van der Waals surface area contributed by atoms with Crippen LogP contribution in [0.1, 0.15) is 5.56 Å². The van der Waals surface area contributed by atoms with Crippen LogP contribution < -0.4 is 0 Å². The highest BCUT2D eigenvalue weighted by molar-refractivity contribution is 7.95. The molecule has 0 unspecified atom stereocenters. The Morgan fingerprint density at radius 3 is 2.29 bits per heavy atom. The first-order valence-electron chi connectivity index (χ1n) is 7.12. The van der Waals surface area contributed by atoms with E-state index in [0.29, 0.717) is 10.6 Å². The van der Waals surface area contributed by atoms with Gasteiger partial charge in [-0.25, -0.2) is 8.42 Å². The fourth-order valence-electron chi connectivity index (χ4n) is 2.36. The van der Waals surface area contributed by atoms with E-state index in [9.17, 15) is 13.7 Å². The van der Waals surface area contributed by atoms with E-state index >= 15 is 0 Å². The van der Waals surface area contributed by atoms with Crippen molar-refractivity contribution in [3.63, 3.8) is 0 Å². The molecule has 0 saturated carbocycles. The zero-order valence-electron chi connectivity index (χ0n) is 12.5. The Bertz CT molecular complexity index is 1080. The standard InChI is InChI=1S/C19H12ClNO2S/c20-17-7-9-18(10-8-17)24(22,23)19(13-21)12-14-5-6-15-3-1-2-4-16(15)11-14/h1-12H/b19-12-. The summed E-state index contributed by atoms with van der Waals surface area (Å²) in [6.45, 7) is 0. The SMILES string of the molecule is N#C/C(=C/c1ccc2ccccc2c1)S(=O)(=O)c1ccc(Cl)cc1. The molecule has 3 aromatic carbocycles. The first kappa shape index (κ1) is 16.3. The smallest absolute Gasteiger partial charge is 0.216 e. The van der Waals surface area contributed by atoms with Crippen LogP contribution in [0.5, 0.6) is 0 Å². The molecule has 0 bridgehead atoms. The van der Waals surface area contributed by atoms with Crippen LogP contribution in [0.3, 0.4) is 0 Å². The van der Waals surface area contributed by atoms with Gasteiger partial charge in [-0.3, -0.25) is 0 Å². The average Bonchev–Trinajstić information content (AvgIpc) is 2.59. The molecule has 0 aliphatic rings. The summed E-state index contributed by atoms with van der Waals surface area (Å²) in [7, 11) is -3.88. The molecule has 24 heavy (non-hydrogen) atoms. The van der Waals surface area contributed by atoms with Crippen LogP contribution in [0, 0.1) is 11.3 Å². The van der Waals surface area contributed by atoms with Gasteiger partial charge in [-0.1, -0.05) is 48.0 Å². The molecule has 0 aromatic heterocycles. The minimum atomic E-state index is -3.88. The number of allylic oxidation sites excluding steroid dienone is 1. The molecular weight excluding hydrogens is 342 g/mol. The molecule has 0 aliphatic carbocycles. The molecule has 0 N–H and O–H groups in total. The minimum Gasteiger partial charge on any atom is -0.218 e. The molecule has 0 spiro atoms. The number of fused-ring (bicyclic) bond motifs is 1. The quantitative estimate of drug-likeness (QED) is 0.633. The zero-order valence-corrected chi connectivity index (χ0v) is 14.1. The maximum atomic E-state index is 12.6. The molecule has 3 aromatic rings. The molecule has 3 nitrogen and oxygen atoms in total. The maximum Gasteiger partial charge on any atom is 0.216 e. The van der Waals surface area contributed by atoms with Crippen LogP contribution in [-0.2, 0) is 9.84 Å². The molecule has 0 aliphatic heterocycles. The van der Waals surface area contributed by atoms with Crippen molar-refractivity contribution < 1.29 is 8.42 Å². The second-order valence-corrected chi connectivity index (χ2v) is 7.54. The van der Waals surface area contributed by atoms with Gasteiger partial charge in [0.2, 0.25) is 9.84 Å². The maximum absolute atomic E-state index is 12.6. The molecule has 0 amide bonds. The Labute approximate surface area is 145 Å². The predicted molar refractivity (Wildman–Crippen MR) is 96.2 cm³/mol. The lowest BCUT2D eigenvalue weighted by atomic mass is 10.1. The lowest BCUT2D eigenvalue weighted by molar-refractivity contribution is 0.603. The van der Waals surface area contributed by atoms with Crippen molar-refractivity contribution >= 4 is 38.3 Å². The highest BCUT2D eigenvalue weighted by atomic mass is 35.5. The fraction of sp³-hybridized carbons (Fsp3) is 0. The number of sulfone groups is 1. The number of halogens is 1. The van der Waals surface area contributed by atoms with Crippen molar-refractivity contribution in [2.24, 2.45) is 0 Å². The first-order chi connectivity index (χ1) is 11.5. The third kappa shape index (κ3) is 3.18. The van der Waals surface area contributed by atoms with Gasteiger partial charge in [0.15, 0.2) is 0 Å². The van der Waals surface area contributed by atoms with E-state index in [1.54, 1.807) is 12.1 Å². The van der Waals surface area contributed by atoms with Crippen LogP contribution in [0.2, 0.25) is 5.02 Å². The van der Waals surface area contributed by atoms with Crippen molar-refractivity contribution in [3.05, 3.63) is 82.2 Å². The fourth-order valence-corrected chi connectivity index (χ4v) is 3.65. The van der Waals surface area contributed by atoms with Crippen molar-refractivity contribution in [3.8, 4) is 6.07 Å². The van der Waals surface area contributed by atoms with E-state index in [2.05, 4.69) is 0 Å². The second-order valence-electron chi connectivity index (χ2n) is 5.18. The monoisotopic (exact) mass is 353 g/mol. The second kappa shape index (κ2) is 6.48. The normalized spacial score (nSPS) is 12.1. The Balaban J connectivity index is 2.07.